The molecular formula is C15H19BrN2O. The first-order valence-electron chi connectivity index (χ1n) is 6.68. The number of nitrogens with one attached hydrogen (secondary N) is 1. The van der Waals surface area contributed by atoms with Gasteiger partial charge in [0.1, 0.15) is 0 Å². The van der Waals surface area contributed by atoms with E-state index < -0.39 is 0 Å². The van der Waals surface area contributed by atoms with E-state index in [-0.39, 0.29) is 10.7 Å². The zero-order chi connectivity index (χ0) is 13.7. The average molecular weight is 323 g/mol. The molecule has 1 amide bonds. The number of hydrogen-bond acceptors (Lipinski definition) is 1. The first-order valence-corrected chi connectivity index (χ1v) is 7.59. The van der Waals surface area contributed by atoms with E-state index in [1.165, 1.54) is 10.9 Å². The Morgan fingerprint density at radius 3 is 2.95 bits per heavy atom. The van der Waals surface area contributed by atoms with Crippen molar-refractivity contribution in [3.8, 4) is 0 Å². The molecule has 0 bridgehead atoms. The molecule has 3 nitrogen and oxygen atoms in total. The Labute approximate surface area is 122 Å². The topological polar surface area (TPSA) is 34.0 Å². The highest BCUT2D eigenvalue weighted by Gasteiger charge is 2.10. The van der Waals surface area contributed by atoms with Gasteiger partial charge < -0.3 is 9.88 Å². The van der Waals surface area contributed by atoms with Crippen LogP contribution < -0.4 is 5.32 Å². The number of halogens is 1. The van der Waals surface area contributed by atoms with E-state index >= 15 is 0 Å². The summed E-state index contributed by atoms with van der Waals surface area (Å²) in [5.41, 5.74) is 1.25. The van der Waals surface area contributed by atoms with Crippen molar-refractivity contribution in [3.05, 3.63) is 36.5 Å². The maximum absolute atomic E-state index is 11.6. The lowest BCUT2D eigenvalue weighted by atomic mass is 10.2. The summed E-state index contributed by atoms with van der Waals surface area (Å²) < 4.78 is 2.23. The molecule has 19 heavy (non-hydrogen) atoms. The molecule has 1 heterocycles. The van der Waals surface area contributed by atoms with E-state index in [2.05, 4.69) is 56.3 Å². The smallest absolute Gasteiger partial charge is 0.233 e. The Bertz CT molecular complexity index is 550. The molecule has 0 aliphatic carbocycles. The molecule has 0 aliphatic rings. The van der Waals surface area contributed by atoms with Gasteiger partial charge in [-0.3, -0.25) is 4.79 Å². The first kappa shape index (κ1) is 14.1. The summed E-state index contributed by atoms with van der Waals surface area (Å²) in [6.45, 7) is 3.63. The second kappa shape index (κ2) is 6.75. The van der Waals surface area contributed by atoms with Crippen molar-refractivity contribution < 1.29 is 4.79 Å². The van der Waals surface area contributed by atoms with Crippen LogP contribution in [-0.4, -0.2) is 21.8 Å². The molecule has 1 aromatic carbocycles. The van der Waals surface area contributed by atoms with Gasteiger partial charge in [0.05, 0.1) is 4.83 Å². The SMILES string of the molecule is CCC(Br)C(=O)NCCCn1ccc2ccccc21. The molecule has 2 aromatic rings. The Balaban J connectivity index is 1.82. The van der Waals surface area contributed by atoms with Crippen molar-refractivity contribution in [2.75, 3.05) is 6.54 Å². The largest absolute Gasteiger partial charge is 0.355 e. The van der Waals surface area contributed by atoms with E-state index in [4.69, 9.17) is 0 Å². The fraction of sp³-hybridized carbons (Fsp3) is 0.400. The molecule has 0 saturated carbocycles. The highest BCUT2D eigenvalue weighted by atomic mass is 79.9. The number of nitrogens with zero attached hydrogens (tertiary/aromatic N) is 1. The van der Waals surface area contributed by atoms with E-state index in [0.29, 0.717) is 6.54 Å². The highest BCUT2D eigenvalue weighted by Crippen LogP contribution is 2.15. The summed E-state index contributed by atoms with van der Waals surface area (Å²) in [4.78, 5) is 11.5. The van der Waals surface area contributed by atoms with Crippen LogP contribution >= 0.6 is 15.9 Å². The standard InChI is InChI=1S/C15H19BrN2O/c1-2-13(16)15(19)17-9-5-10-18-11-8-12-6-3-4-7-14(12)18/h3-4,6-8,11,13H,2,5,9-10H2,1H3,(H,17,19). The third kappa shape index (κ3) is 3.60. The van der Waals surface area contributed by atoms with Crippen molar-refractivity contribution in [1.82, 2.24) is 9.88 Å². The van der Waals surface area contributed by atoms with Gasteiger partial charge >= 0.3 is 0 Å². The number of fused-ring (bicyclic) bond motifs is 1. The number of carbonyl (C=O) groups excluding carboxylic acids is 1. The van der Waals surface area contributed by atoms with Gasteiger partial charge in [0, 0.05) is 24.8 Å². The van der Waals surface area contributed by atoms with Crippen LogP contribution in [0.5, 0.6) is 0 Å². The van der Waals surface area contributed by atoms with Gasteiger partial charge in [0.15, 0.2) is 0 Å². The van der Waals surface area contributed by atoms with Gasteiger partial charge in [-0.05, 0) is 30.4 Å². The lowest BCUT2D eigenvalue weighted by Gasteiger charge is -2.09. The van der Waals surface area contributed by atoms with Crippen molar-refractivity contribution >= 4 is 32.7 Å². The number of benzene rings is 1. The molecule has 0 saturated heterocycles. The predicted molar refractivity (Wildman–Crippen MR) is 82.6 cm³/mol. The van der Waals surface area contributed by atoms with Gasteiger partial charge in [-0.25, -0.2) is 0 Å². The van der Waals surface area contributed by atoms with Gasteiger partial charge in [-0.15, -0.1) is 0 Å². The molecule has 2 rings (SSSR count). The van der Waals surface area contributed by atoms with E-state index in [9.17, 15) is 4.79 Å². The van der Waals surface area contributed by atoms with Crippen LogP contribution in [0.1, 0.15) is 19.8 Å². The maximum atomic E-state index is 11.6. The normalized spacial score (nSPS) is 12.5. The maximum Gasteiger partial charge on any atom is 0.233 e. The third-order valence-electron chi connectivity index (χ3n) is 3.20. The summed E-state index contributed by atoms with van der Waals surface area (Å²) in [5, 5.41) is 4.21. The molecule has 0 fully saturated rings. The second-order valence-corrected chi connectivity index (χ2v) is 5.69. The van der Waals surface area contributed by atoms with E-state index in [1.807, 2.05) is 13.0 Å². The van der Waals surface area contributed by atoms with E-state index in [0.717, 1.165) is 19.4 Å². The third-order valence-corrected chi connectivity index (χ3v) is 4.26. The van der Waals surface area contributed by atoms with Crippen molar-refractivity contribution in [2.24, 2.45) is 0 Å². The summed E-state index contributed by atoms with van der Waals surface area (Å²) in [6, 6.07) is 10.5. The fourth-order valence-corrected chi connectivity index (χ4v) is 2.25. The Morgan fingerprint density at radius 2 is 2.16 bits per heavy atom. The van der Waals surface area contributed by atoms with E-state index in [1.54, 1.807) is 0 Å². The van der Waals surface area contributed by atoms with Gasteiger partial charge in [-0.1, -0.05) is 41.1 Å². The van der Waals surface area contributed by atoms with Crippen LogP contribution in [0.25, 0.3) is 10.9 Å². The second-order valence-electron chi connectivity index (χ2n) is 4.59. The molecule has 0 spiro atoms. The summed E-state index contributed by atoms with van der Waals surface area (Å²) in [6.07, 6.45) is 3.85. The summed E-state index contributed by atoms with van der Waals surface area (Å²) >= 11 is 3.35. The van der Waals surface area contributed by atoms with Crippen LogP contribution in [-0.2, 0) is 11.3 Å². The molecule has 1 N–H and O–H groups in total. The van der Waals surface area contributed by atoms with Crippen LogP contribution in [0, 0.1) is 0 Å². The summed E-state index contributed by atoms with van der Waals surface area (Å²) in [5.74, 6) is 0.0832. The van der Waals surface area contributed by atoms with Gasteiger partial charge in [0.25, 0.3) is 0 Å². The first-order chi connectivity index (χ1) is 9.22. The fourth-order valence-electron chi connectivity index (χ4n) is 2.09. The Kier molecular flexibility index (Phi) is 5.02. The molecule has 1 aromatic heterocycles. The number of aryl methyl sites for hydroxylation is 1. The van der Waals surface area contributed by atoms with Crippen molar-refractivity contribution in [2.45, 2.75) is 31.1 Å². The molecule has 102 valence electrons. The van der Waals surface area contributed by atoms with Crippen LogP contribution in [0.15, 0.2) is 36.5 Å². The average Bonchev–Trinajstić information content (AvgIpc) is 2.86. The lowest BCUT2D eigenvalue weighted by Crippen LogP contribution is -2.31. The number of hydrogen-bond donors (Lipinski definition) is 1. The number of rotatable bonds is 6. The van der Waals surface area contributed by atoms with Gasteiger partial charge in [0.2, 0.25) is 5.91 Å². The summed E-state index contributed by atoms with van der Waals surface area (Å²) in [7, 11) is 0. The quantitative estimate of drug-likeness (QED) is 0.642. The van der Waals surface area contributed by atoms with Crippen molar-refractivity contribution in [1.29, 1.82) is 0 Å². The molecule has 1 unspecified atom stereocenters. The molecule has 0 radical (unpaired) electrons. The Hall–Kier alpha value is -1.29. The minimum atomic E-state index is -0.0695. The molecule has 0 aliphatic heterocycles. The minimum Gasteiger partial charge on any atom is -0.355 e. The zero-order valence-electron chi connectivity index (χ0n) is 11.1. The monoisotopic (exact) mass is 322 g/mol. The molecular weight excluding hydrogens is 304 g/mol. The number of alkyl halides is 1. The molecule has 4 heteroatoms. The zero-order valence-corrected chi connectivity index (χ0v) is 12.7. The number of amides is 1. The van der Waals surface area contributed by atoms with Crippen LogP contribution in [0.4, 0.5) is 0 Å². The van der Waals surface area contributed by atoms with Crippen LogP contribution in [0.2, 0.25) is 0 Å². The van der Waals surface area contributed by atoms with Crippen molar-refractivity contribution in [3.63, 3.8) is 0 Å². The number of para-hydroxylation sites is 1. The lowest BCUT2D eigenvalue weighted by molar-refractivity contribution is -0.120. The highest BCUT2D eigenvalue weighted by molar-refractivity contribution is 9.10. The molecule has 1 atom stereocenters. The predicted octanol–water partition coefficient (Wildman–Crippen LogP) is 3.32. The Morgan fingerprint density at radius 1 is 1.37 bits per heavy atom. The van der Waals surface area contributed by atoms with Gasteiger partial charge in [-0.2, -0.15) is 0 Å². The number of carbonyl (C=O) groups is 1. The van der Waals surface area contributed by atoms with Crippen LogP contribution in [0.3, 0.4) is 0 Å². The number of aromatic nitrogens is 1. The minimum absolute atomic E-state index is 0.0695.